The highest BCUT2D eigenvalue weighted by molar-refractivity contribution is 5.89. The summed E-state index contributed by atoms with van der Waals surface area (Å²) >= 11 is 0. The van der Waals surface area contributed by atoms with E-state index in [1.165, 1.54) is 5.56 Å². The zero-order chi connectivity index (χ0) is 19.3. The lowest BCUT2D eigenvalue weighted by Gasteiger charge is -2.39. The smallest absolute Gasteiger partial charge is 0.250 e. The molecule has 0 N–H and O–H groups in total. The fourth-order valence-electron chi connectivity index (χ4n) is 4.52. The molecular weight excluding hydrogens is 348 g/mol. The number of amides is 2. The molecule has 2 heterocycles. The van der Waals surface area contributed by atoms with Gasteiger partial charge in [-0.15, -0.1) is 0 Å². The van der Waals surface area contributed by atoms with Crippen molar-refractivity contribution in [2.75, 3.05) is 19.6 Å². The van der Waals surface area contributed by atoms with Crippen LogP contribution in [0.5, 0.6) is 0 Å². The molecule has 2 fully saturated rings. The molecule has 2 aliphatic heterocycles. The molecule has 0 aliphatic carbocycles. The first-order valence-electron chi connectivity index (χ1n) is 10.4. The molecule has 146 valence electrons. The Morgan fingerprint density at radius 1 is 0.857 bits per heavy atom. The van der Waals surface area contributed by atoms with E-state index in [-0.39, 0.29) is 11.8 Å². The Labute approximate surface area is 167 Å². The van der Waals surface area contributed by atoms with Crippen LogP contribution in [0.2, 0.25) is 0 Å². The van der Waals surface area contributed by atoms with Crippen molar-refractivity contribution in [2.45, 2.75) is 44.1 Å². The van der Waals surface area contributed by atoms with Gasteiger partial charge in [-0.05, 0) is 42.7 Å². The Kier molecular flexibility index (Phi) is 5.75. The van der Waals surface area contributed by atoms with Gasteiger partial charge in [0.05, 0.1) is 0 Å². The Hall–Kier alpha value is -2.62. The molecule has 0 aromatic heterocycles. The predicted octanol–water partition coefficient (Wildman–Crippen LogP) is 4.15. The summed E-state index contributed by atoms with van der Waals surface area (Å²) in [6.45, 7) is 2.18. The second-order valence-corrected chi connectivity index (χ2v) is 7.87. The summed E-state index contributed by atoms with van der Waals surface area (Å²) < 4.78 is 0. The van der Waals surface area contributed by atoms with Gasteiger partial charge < -0.3 is 9.80 Å². The molecule has 4 rings (SSSR count). The highest BCUT2D eigenvalue weighted by atomic mass is 16.2. The van der Waals surface area contributed by atoms with Crippen molar-refractivity contribution in [3.8, 4) is 0 Å². The molecule has 2 aromatic rings. The molecule has 1 unspecified atom stereocenters. The van der Waals surface area contributed by atoms with E-state index in [9.17, 15) is 9.59 Å². The first-order valence-corrected chi connectivity index (χ1v) is 10.4. The van der Waals surface area contributed by atoms with E-state index in [1.807, 2.05) is 46.2 Å². The standard InChI is InChI=1S/C24H28N2O2/c27-22-13-7-8-16-26(22)23(21-11-5-2-6-12-21)24(28)25-17-14-20(15-18-25)19-9-3-1-4-10-19/h1-6,9-12,20,23H,7-8,13-18H2. The molecule has 0 spiro atoms. The number of carbonyl (C=O) groups excluding carboxylic acids is 2. The number of likely N-dealkylation sites (tertiary alicyclic amines) is 2. The average Bonchev–Trinajstić information content (AvgIpc) is 2.77. The molecule has 0 radical (unpaired) electrons. The Morgan fingerprint density at radius 3 is 2.14 bits per heavy atom. The topological polar surface area (TPSA) is 40.6 Å². The number of nitrogens with zero attached hydrogens (tertiary/aromatic N) is 2. The van der Waals surface area contributed by atoms with E-state index in [2.05, 4.69) is 24.3 Å². The van der Waals surface area contributed by atoms with Crippen LogP contribution in [0.3, 0.4) is 0 Å². The summed E-state index contributed by atoms with van der Waals surface area (Å²) in [5.41, 5.74) is 2.29. The molecule has 2 aromatic carbocycles. The van der Waals surface area contributed by atoms with Crippen molar-refractivity contribution >= 4 is 11.8 Å². The fourth-order valence-corrected chi connectivity index (χ4v) is 4.52. The Balaban J connectivity index is 1.51. The van der Waals surface area contributed by atoms with Gasteiger partial charge in [0.1, 0.15) is 6.04 Å². The first kappa shape index (κ1) is 18.7. The predicted molar refractivity (Wildman–Crippen MR) is 110 cm³/mol. The minimum Gasteiger partial charge on any atom is -0.341 e. The fraction of sp³-hybridized carbons (Fsp3) is 0.417. The molecule has 4 nitrogen and oxygen atoms in total. The van der Waals surface area contributed by atoms with Crippen molar-refractivity contribution in [1.82, 2.24) is 9.80 Å². The van der Waals surface area contributed by atoms with E-state index in [0.29, 0.717) is 18.9 Å². The maximum Gasteiger partial charge on any atom is 0.250 e. The third-order valence-electron chi connectivity index (χ3n) is 6.10. The maximum atomic E-state index is 13.5. The summed E-state index contributed by atoms with van der Waals surface area (Å²) in [5.74, 6) is 0.692. The number of benzene rings is 2. The second-order valence-electron chi connectivity index (χ2n) is 7.87. The molecular formula is C24H28N2O2. The zero-order valence-corrected chi connectivity index (χ0v) is 16.3. The van der Waals surface area contributed by atoms with Crippen molar-refractivity contribution in [2.24, 2.45) is 0 Å². The Bertz CT molecular complexity index is 798. The van der Waals surface area contributed by atoms with Crippen LogP contribution in [0.1, 0.15) is 55.2 Å². The summed E-state index contributed by atoms with van der Waals surface area (Å²) in [5, 5.41) is 0. The van der Waals surface area contributed by atoms with Gasteiger partial charge in [0, 0.05) is 26.1 Å². The van der Waals surface area contributed by atoms with Gasteiger partial charge in [-0.3, -0.25) is 9.59 Å². The van der Waals surface area contributed by atoms with Crippen LogP contribution < -0.4 is 0 Å². The molecule has 2 aliphatic rings. The molecule has 0 saturated carbocycles. The third kappa shape index (κ3) is 3.96. The molecule has 28 heavy (non-hydrogen) atoms. The van der Waals surface area contributed by atoms with E-state index in [1.54, 1.807) is 0 Å². The summed E-state index contributed by atoms with van der Waals surface area (Å²) in [4.78, 5) is 29.9. The summed E-state index contributed by atoms with van der Waals surface area (Å²) in [6, 6.07) is 19.9. The number of hydrogen-bond acceptors (Lipinski definition) is 2. The maximum absolute atomic E-state index is 13.5. The highest BCUT2D eigenvalue weighted by Crippen LogP contribution is 2.32. The van der Waals surface area contributed by atoms with Crippen LogP contribution in [0.15, 0.2) is 60.7 Å². The lowest BCUT2D eigenvalue weighted by molar-refractivity contribution is -0.148. The van der Waals surface area contributed by atoms with E-state index in [0.717, 1.165) is 44.3 Å². The van der Waals surface area contributed by atoms with Gasteiger partial charge in [-0.1, -0.05) is 60.7 Å². The van der Waals surface area contributed by atoms with Crippen molar-refractivity contribution in [1.29, 1.82) is 0 Å². The van der Waals surface area contributed by atoms with E-state index in [4.69, 9.17) is 0 Å². The van der Waals surface area contributed by atoms with Crippen LogP contribution in [-0.4, -0.2) is 41.2 Å². The largest absolute Gasteiger partial charge is 0.341 e. The van der Waals surface area contributed by atoms with Crippen LogP contribution in [0, 0.1) is 0 Å². The van der Waals surface area contributed by atoms with E-state index < -0.39 is 6.04 Å². The molecule has 0 bridgehead atoms. The van der Waals surface area contributed by atoms with Crippen LogP contribution in [-0.2, 0) is 9.59 Å². The summed E-state index contributed by atoms with van der Waals surface area (Å²) in [7, 11) is 0. The quantitative estimate of drug-likeness (QED) is 0.804. The van der Waals surface area contributed by atoms with Crippen LogP contribution in [0.25, 0.3) is 0 Å². The number of piperidine rings is 2. The van der Waals surface area contributed by atoms with E-state index >= 15 is 0 Å². The normalized spacial score (nSPS) is 19.5. The molecule has 2 amide bonds. The SMILES string of the molecule is O=C(C(c1ccccc1)N1CCCCC1=O)N1CCC(c2ccccc2)CC1. The minimum absolute atomic E-state index is 0.0768. The van der Waals surface area contributed by atoms with Crippen LogP contribution in [0.4, 0.5) is 0 Å². The molecule has 4 heteroatoms. The summed E-state index contributed by atoms with van der Waals surface area (Å²) in [6.07, 6.45) is 4.40. The molecule has 2 saturated heterocycles. The van der Waals surface area contributed by atoms with Crippen molar-refractivity contribution in [3.05, 3.63) is 71.8 Å². The molecule has 1 atom stereocenters. The first-order chi connectivity index (χ1) is 13.7. The van der Waals surface area contributed by atoms with Gasteiger partial charge in [0.25, 0.3) is 0 Å². The van der Waals surface area contributed by atoms with Gasteiger partial charge >= 0.3 is 0 Å². The average molecular weight is 377 g/mol. The third-order valence-corrected chi connectivity index (χ3v) is 6.10. The number of rotatable bonds is 4. The second kappa shape index (κ2) is 8.59. The van der Waals surface area contributed by atoms with Gasteiger partial charge in [0.2, 0.25) is 11.8 Å². The lowest BCUT2D eigenvalue weighted by atomic mass is 9.89. The van der Waals surface area contributed by atoms with Crippen molar-refractivity contribution in [3.63, 3.8) is 0 Å². The zero-order valence-electron chi connectivity index (χ0n) is 16.3. The van der Waals surface area contributed by atoms with Crippen molar-refractivity contribution < 1.29 is 9.59 Å². The monoisotopic (exact) mass is 376 g/mol. The lowest BCUT2D eigenvalue weighted by Crippen LogP contribution is -2.49. The van der Waals surface area contributed by atoms with Crippen LogP contribution >= 0.6 is 0 Å². The van der Waals surface area contributed by atoms with Gasteiger partial charge in [0.15, 0.2) is 0 Å². The minimum atomic E-state index is -0.484. The number of carbonyl (C=O) groups is 2. The van der Waals surface area contributed by atoms with Gasteiger partial charge in [-0.2, -0.15) is 0 Å². The Morgan fingerprint density at radius 2 is 1.50 bits per heavy atom. The van der Waals surface area contributed by atoms with Gasteiger partial charge in [-0.25, -0.2) is 0 Å². The highest BCUT2D eigenvalue weighted by Gasteiger charge is 2.36. The number of hydrogen-bond donors (Lipinski definition) is 0.